The van der Waals surface area contributed by atoms with Gasteiger partial charge >= 0.3 is 0 Å². The molecule has 5 heteroatoms. The number of aromatic nitrogens is 1. The van der Waals surface area contributed by atoms with Crippen molar-refractivity contribution in [1.29, 1.82) is 0 Å². The second-order valence-electron chi connectivity index (χ2n) is 7.16. The molecule has 2 heterocycles. The molecular formula is C21H29N4O+. The predicted octanol–water partition coefficient (Wildman–Crippen LogP) is 3.23. The fourth-order valence-electron chi connectivity index (χ4n) is 3.28. The van der Waals surface area contributed by atoms with Crippen molar-refractivity contribution < 1.29 is 9.36 Å². The molecule has 1 aliphatic rings. The number of amides is 1. The summed E-state index contributed by atoms with van der Waals surface area (Å²) in [6.45, 7) is 4.16. The Morgan fingerprint density at radius 3 is 2.23 bits per heavy atom. The SMILES string of the molecule is C[C@H](C(=O)Nc1ccc(N2CCCCC2)cc1)[n+]1ccc(N(C)C)cc1. The minimum atomic E-state index is -0.270. The molecule has 3 rings (SSSR count). The van der Waals surface area contributed by atoms with Crippen molar-refractivity contribution in [3.05, 3.63) is 48.8 Å². The van der Waals surface area contributed by atoms with Crippen LogP contribution in [0.3, 0.4) is 0 Å². The summed E-state index contributed by atoms with van der Waals surface area (Å²) in [5.74, 6) is -0.0154. The molecule has 1 aliphatic heterocycles. The van der Waals surface area contributed by atoms with Crippen LogP contribution in [0.4, 0.5) is 17.1 Å². The number of nitrogens with one attached hydrogen (secondary N) is 1. The zero-order valence-electron chi connectivity index (χ0n) is 16.0. The van der Waals surface area contributed by atoms with Gasteiger partial charge in [-0.1, -0.05) is 0 Å². The standard InChI is InChI=1S/C21H28N4O/c1-17(24-15-11-19(12-16-24)23(2)3)21(26)22-18-7-9-20(10-8-18)25-13-5-4-6-14-25/h7-12,15-17H,4-6,13-14H2,1-3H3/p+1/t17-/m1/s1. The maximum atomic E-state index is 12.6. The number of rotatable bonds is 5. The van der Waals surface area contributed by atoms with Gasteiger partial charge in [0.2, 0.25) is 6.04 Å². The van der Waals surface area contributed by atoms with Crippen LogP contribution >= 0.6 is 0 Å². The first-order valence-corrected chi connectivity index (χ1v) is 9.38. The van der Waals surface area contributed by atoms with Crippen molar-refractivity contribution in [1.82, 2.24) is 0 Å². The normalized spacial score (nSPS) is 15.4. The van der Waals surface area contributed by atoms with Crippen LogP contribution in [0.25, 0.3) is 0 Å². The van der Waals surface area contributed by atoms with Gasteiger partial charge in [0.25, 0.3) is 5.91 Å². The van der Waals surface area contributed by atoms with Crippen LogP contribution in [-0.4, -0.2) is 33.1 Å². The quantitative estimate of drug-likeness (QED) is 0.839. The summed E-state index contributed by atoms with van der Waals surface area (Å²) in [5.41, 5.74) is 3.19. The molecular weight excluding hydrogens is 324 g/mol. The van der Waals surface area contributed by atoms with Crippen molar-refractivity contribution in [3.8, 4) is 0 Å². The molecule has 1 fully saturated rings. The number of carbonyl (C=O) groups is 1. The summed E-state index contributed by atoms with van der Waals surface area (Å²) in [4.78, 5) is 17.0. The number of piperidine rings is 1. The van der Waals surface area contributed by atoms with Crippen molar-refractivity contribution in [2.24, 2.45) is 0 Å². The van der Waals surface area contributed by atoms with Crippen molar-refractivity contribution in [3.63, 3.8) is 0 Å². The van der Waals surface area contributed by atoms with Gasteiger partial charge in [0.05, 0.1) is 0 Å². The highest BCUT2D eigenvalue weighted by molar-refractivity contribution is 5.92. The van der Waals surface area contributed by atoms with E-state index in [-0.39, 0.29) is 11.9 Å². The molecule has 1 aromatic heterocycles. The zero-order valence-corrected chi connectivity index (χ0v) is 16.0. The van der Waals surface area contributed by atoms with E-state index in [0.29, 0.717) is 0 Å². The molecule has 0 radical (unpaired) electrons. The van der Waals surface area contributed by atoms with Gasteiger partial charge < -0.3 is 15.1 Å². The average molecular weight is 353 g/mol. The Labute approximate surface area is 156 Å². The Kier molecular flexibility index (Phi) is 5.76. The molecule has 0 spiro atoms. The van der Waals surface area contributed by atoms with Gasteiger partial charge in [0.15, 0.2) is 12.4 Å². The summed E-state index contributed by atoms with van der Waals surface area (Å²) in [5, 5.41) is 3.02. The molecule has 0 bridgehead atoms. The molecule has 0 unspecified atom stereocenters. The number of anilines is 3. The molecule has 26 heavy (non-hydrogen) atoms. The van der Waals surface area contributed by atoms with E-state index in [0.717, 1.165) is 24.5 Å². The van der Waals surface area contributed by atoms with E-state index in [9.17, 15) is 4.79 Å². The van der Waals surface area contributed by atoms with E-state index in [1.165, 1.54) is 24.9 Å². The lowest BCUT2D eigenvalue weighted by molar-refractivity contribution is -0.705. The number of carbonyl (C=O) groups excluding carboxylic acids is 1. The summed E-state index contributed by atoms with van der Waals surface area (Å²) >= 11 is 0. The van der Waals surface area contributed by atoms with Crippen LogP contribution in [0.2, 0.25) is 0 Å². The molecule has 5 nitrogen and oxygen atoms in total. The topological polar surface area (TPSA) is 39.5 Å². The Balaban J connectivity index is 1.61. The Morgan fingerprint density at radius 1 is 1.04 bits per heavy atom. The first kappa shape index (κ1) is 18.2. The third-order valence-corrected chi connectivity index (χ3v) is 5.03. The molecule has 1 atom stereocenters. The first-order chi connectivity index (χ1) is 12.5. The average Bonchev–Trinajstić information content (AvgIpc) is 2.68. The fraction of sp³-hybridized carbons (Fsp3) is 0.429. The van der Waals surface area contributed by atoms with Gasteiger partial charge in [-0.3, -0.25) is 4.79 Å². The Morgan fingerprint density at radius 2 is 1.65 bits per heavy atom. The van der Waals surface area contributed by atoms with Crippen LogP contribution in [0, 0.1) is 0 Å². The molecule has 2 aromatic rings. The van der Waals surface area contributed by atoms with Gasteiger partial charge in [-0.15, -0.1) is 0 Å². The van der Waals surface area contributed by atoms with Crippen LogP contribution in [0.5, 0.6) is 0 Å². The van der Waals surface area contributed by atoms with E-state index in [4.69, 9.17) is 0 Å². The third-order valence-electron chi connectivity index (χ3n) is 5.03. The maximum Gasteiger partial charge on any atom is 0.293 e. The van der Waals surface area contributed by atoms with Crippen molar-refractivity contribution in [2.75, 3.05) is 42.3 Å². The summed E-state index contributed by atoms with van der Waals surface area (Å²) in [6.07, 6.45) is 7.74. The zero-order chi connectivity index (χ0) is 18.5. The highest BCUT2D eigenvalue weighted by Gasteiger charge is 2.22. The fourth-order valence-corrected chi connectivity index (χ4v) is 3.28. The van der Waals surface area contributed by atoms with Crippen LogP contribution < -0.4 is 19.7 Å². The third kappa shape index (κ3) is 4.34. The van der Waals surface area contributed by atoms with Gasteiger partial charge in [-0.25, -0.2) is 0 Å². The predicted molar refractivity (Wildman–Crippen MR) is 107 cm³/mol. The maximum absolute atomic E-state index is 12.6. The largest absolute Gasteiger partial charge is 0.377 e. The number of hydrogen-bond acceptors (Lipinski definition) is 3. The van der Waals surface area contributed by atoms with Crippen molar-refractivity contribution in [2.45, 2.75) is 32.2 Å². The van der Waals surface area contributed by atoms with Crippen molar-refractivity contribution >= 4 is 23.0 Å². The van der Waals surface area contributed by atoms with Crippen LogP contribution in [0.15, 0.2) is 48.8 Å². The van der Waals surface area contributed by atoms with Gasteiger partial charge in [0.1, 0.15) is 0 Å². The number of hydrogen-bond donors (Lipinski definition) is 1. The molecule has 1 saturated heterocycles. The Bertz CT molecular complexity index is 719. The number of benzene rings is 1. The second-order valence-corrected chi connectivity index (χ2v) is 7.16. The molecule has 0 aliphatic carbocycles. The lowest BCUT2D eigenvalue weighted by Crippen LogP contribution is -2.44. The van der Waals surface area contributed by atoms with E-state index >= 15 is 0 Å². The number of pyridine rings is 1. The first-order valence-electron chi connectivity index (χ1n) is 9.38. The number of nitrogens with zero attached hydrogens (tertiary/aromatic N) is 3. The highest BCUT2D eigenvalue weighted by atomic mass is 16.2. The van der Waals surface area contributed by atoms with E-state index in [1.807, 2.05) is 67.1 Å². The minimum absolute atomic E-state index is 0.0154. The summed E-state index contributed by atoms with van der Waals surface area (Å²) in [6, 6.07) is 11.9. The van der Waals surface area contributed by atoms with Crippen LogP contribution in [-0.2, 0) is 4.79 Å². The molecule has 1 N–H and O–H groups in total. The van der Waals surface area contributed by atoms with Gasteiger partial charge in [0, 0.05) is 63.3 Å². The highest BCUT2D eigenvalue weighted by Crippen LogP contribution is 2.22. The molecule has 1 amide bonds. The molecule has 0 saturated carbocycles. The molecule has 1 aromatic carbocycles. The monoisotopic (exact) mass is 353 g/mol. The minimum Gasteiger partial charge on any atom is -0.377 e. The van der Waals surface area contributed by atoms with E-state index < -0.39 is 0 Å². The summed E-state index contributed by atoms with van der Waals surface area (Å²) < 4.78 is 1.92. The van der Waals surface area contributed by atoms with E-state index in [1.54, 1.807) is 0 Å². The summed E-state index contributed by atoms with van der Waals surface area (Å²) in [7, 11) is 4.01. The molecule has 138 valence electrons. The Hall–Kier alpha value is -2.56. The van der Waals surface area contributed by atoms with Gasteiger partial charge in [-0.2, -0.15) is 4.57 Å². The van der Waals surface area contributed by atoms with E-state index in [2.05, 4.69) is 22.3 Å². The lowest BCUT2D eigenvalue weighted by Gasteiger charge is -2.28. The van der Waals surface area contributed by atoms with Crippen LogP contribution in [0.1, 0.15) is 32.2 Å². The smallest absolute Gasteiger partial charge is 0.293 e. The lowest BCUT2D eigenvalue weighted by atomic mass is 10.1. The second kappa shape index (κ2) is 8.21. The van der Waals surface area contributed by atoms with Gasteiger partial charge in [-0.05, 0) is 43.5 Å².